The van der Waals surface area contributed by atoms with Crippen LogP contribution in [0.3, 0.4) is 0 Å². The number of anilines is 2. The lowest BCUT2D eigenvalue weighted by Crippen LogP contribution is -2.21. The Labute approximate surface area is 124 Å². The summed E-state index contributed by atoms with van der Waals surface area (Å²) in [6.45, 7) is 1.87. The van der Waals surface area contributed by atoms with Gasteiger partial charge in [-0.25, -0.2) is 9.97 Å². The second kappa shape index (κ2) is 6.70. The number of hydrogen-bond acceptors (Lipinski definition) is 3. The Bertz CT molecular complexity index is 596. The molecule has 0 unspecified atom stereocenters. The number of hydrogen-bond donors (Lipinski definition) is 0. The van der Waals surface area contributed by atoms with Gasteiger partial charge in [0.1, 0.15) is 11.6 Å². The molecule has 21 heavy (non-hydrogen) atoms. The normalized spacial score (nSPS) is 10.5. The van der Waals surface area contributed by atoms with Gasteiger partial charge in [-0.05, 0) is 42.8 Å². The van der Waals surface area contributed by atoms with Crippen LogP contribution in [-0.2, 0) is 6.54 Å². The highest BCUT2D eigenvalue weighted by molar-refractivity contribution is 5.55. The summed E-state index contributed by atoms with van der Waals surface area (Å²) in [5, 5.41) is 0. The van der Waals surface area contributed by atoms with Crippen molar-refractivity contribution < 1.29 is 0 Å². The van der Waals surface area contributed by atoms with Gasteiger partial charge in [-0.1, -0.05) is 12.1 Å². The number of pyridine rings is 2. The zero-order chi connectivity index (χ0) is 14.3. The molecule has 3 heterocycles. The highest BCUT2D eigenvalue weighted by atomic mass is 15.2. The summed E-state index contributed by atoms with van der Waals surface area (Å²) in [6.07, 6.45) is 8.84. The minimum absolute atomic E-state index is 0.881. The molecule has 0 aliphatic rings. The molecule has 3 aromatic heterocycles. The molecule has 0 saturated carbocycles. The van der Waals surface area contributed by atoms with Crippen LogP contribution < -0.4 is 4.90 Å². The molecule has 0 bridgehead atoms. The van der Waals surface area contributed by atoms with E-state index in [0.717, 1.165) is 31.1 Å². The van der Waals surface area contributed by atoms with Crippen molar-refractivity contribution in [3.05, 3.63) is 73.3 Å². The smallest absolute Gasteiger partial charge is 0.134 e. The van der Waals surface area contributed by atoms with Crippen LogP contribution in [0.15, 0.2) is 73.3 Å². The van der Waals surface area contributed by atoms with Crippen LogP contribution in [-0.4, -0.2) is 21.1 Å². The van der Waals surface area contributed by atoms with Crippen molar-refractivity contribution in [2.24, 2.45) is 0 Å². The first-order valence-electron chi connectivity index (χ1n) is 7.14. The lowest BCUT2D eigenvalue weighted by atomic mass is 10.3. The summed E-state index contributed by atoms with van der Waals surface area (Å²) >= 11 is 0. The first kappa shape index (κ1) is 13.4. The quantitative estimate of drug-likeness (QED) is 0.692. The first-order valence-corrected chi connectivity index (χ1v) is 7.14. The predicted molar refractivity (Wildman–Crippen MR) is 84.5 cm³/mol. The zero-order valence-corrected chi connectivity index (χ0v) is 11.8. The van der Waals surface area contributed by atoms with Crippen LogP contribution in [0.25, 0.3) is 0 Å². The van der Waals surface area contributed by atoms with Crippen LogP contribution in [0.4, 0.5) is 11.6 Å². The lowest BCUT2D eigenvalue weighted by Gasteiger charge is -2.22. The van der Waals surface area contributed by atoms with Crippen LogP contribution in [0.5, 0.6) is 0 Å². The largest absolute Gasteiger partial charge is 0.354 e. The molecule has 106 valence electrons. The van der Waals surface area contributed by atoms with E-state index in [1.54, 1.807) is 0 Å². The Morgan fingerprint density at radius 1 is 0.810 bits per heavy atom. The van der Waals surface area contributed by atoms with Gasteiger partial charge < -0.3 is 9.47 Å². The van der Waals surface area contributed by atoms with Gasteiger partial charge in [0, 0.05) is 37.9 Å². The fourth-order valence-corrected chi connectivity index (χ4v) is 2.30. The molecule has 0 aliphatic heterocycles. The van der Waals surface area contributed by atoms with E-state index in [0.29, 0.717) is 0 Å². The van der Waals surface area contributed by atoms with E-state index in [9.17, 15) is 0 Å². The molecule has 0 amide bonds. The highest BCUT2D eigenvalue weighted by Crippen LogP contribution is 2.20. The minimum atomic E-state index is 0.881. The van der Waals surface area contributed by atoms with Crippen molar-refractivity contribution in [3.8, 4) is 0 Å². The molecule has 0 fully saturated rings. The summed E-state index contributed by atoms with van der Waals surface area (Å²) in [6, 6.07) is 16.0. The van der Waals surface area contributed by atoms with Crippen molar-refractivity contribution in [3.63, 3.8) is 0 Å². The van der Waals surface area contributed by atoms with Crippen LogP contribution in [0.2, 0.25) is 0 Å². The van der Waals surface area contributed by atoms with E-state index < -0.39 is 0 Å². The van der Waals surface area contributed by atoms with Gasteiger partial charge in [0.25, 0.3) is 0 Å². The molecule has 0 atom stereocenters. The fraction of sp³-hybridized carbons (Fsp3) is 0.176. The second-order valence-electron chi connectivity index (χ2n) is 4.80. The van der Waals surface area contributed by atoms with E-state index in [2.05, 4.69) is 44.0 Å². The third-order valence-electron chi connectivity index (χ3n) is 3.32. The summed E-state index contributed by atoms with van der Waals surface area (Å²) in [4.78, 5) is 11.1. The van der Waals surface area contributed by atoms with Gasteiger partial charge in [0.05, 0.1) is 0 Å². The Kier molecular flexibility index (Phi) is 4.27. The average molecular weight is 278 g/mol. The third-order valence-corrected chi connectivity index (χ3v) is 3.32. The monoisotopic (exact) mass is 278 g/mol. The molecule has 4 heteroatoms. The Balaban J connectivity index is 1.73. The van der Waals surface area contributed by atoms with E-state index in [1.165, 1.54) is 0 Å². The molecule has 0 saturated heterocycles. The van der Waals surface area contributed by atoms with Crippen molar-refractivity contribution in [1.82, 2.24) is 14.5 Å². The Morgan fingerprint density at radius 2 is 1.43 bits per heavy atom. The van der Waals surface area contributed by atoms with Gasteiger partial charge >= 0.3 is 0 Å². The van der Waals surface area contributed by atoms with Gasteiger partial charge in [0.15, 0.2) is 0 Å². The molecule has 3 aromatic rings. The highest BCUT2D eigenvalue weighted by Gasteiger charge is 2.10. The molecule has 0 spiro atoms. The molecule has 0 radical (unpaired) electrons. The van der Waals surface area contributed by atoms with Crippen molar-refractivity contribution in [1.29, 1.82) is 0 Å². The SMILES string of the molecule is c1ccc(N(CCCn2cccc2)c2ccccn2)nc1. The summed E-state index contributed by atoms with van der Waals surface area (Å²) in [5.41, 5.74) is 0. The Hall–Kier alpha value is -2.62. The number of aromatic nitrogens is 3. The summed E-state index contributed by atoms with van der Waals surface area (Å²) in [7, 11) is 0. The maximum Gasteiger partial charge on any atom is 0.134 e. The van der Waals surface area contributed by atoms with Crippen LogP contribution >= 0.6 is 0 Å². The molecule has 3 rings (SSSR count). The Morgan fingerprint density at radius 3 is 1.95 bits per heavy atom. The number of rotatable bonds is 6. The maximum absolute atomic E-state index is 4.45. The molecule has 0 aromatic carbocycles. The summed E-state index contributed by atoms with van der Waals surface area (Å²) < 4.78 is 2.19. The standard InChI is InChI=1S/C17H18N4/c1-3-10-18-16(8-1)21(17-9-2-4-11-19-17)15-7-14-20-12-5-6-13-20/h1-6,8-13H,7,14-15H2. The molecule has 0 N–H and O–H groups in total. The fourth-order valence-electron chi connectivity index (χ4n) is 2.30. The second-order valence-corrected chi connectivity index (χ2v) is 4.80. The molecule has 4 nitrogen and oxygen atoms in total. The minimum Gasteiger partial charge on any atom is -0.354 e. The molecule has 0 aliphatic carbocycles. The molecular formula is C17H18N4. The van der Waals surface area contributed by atoms with Gasteiger partial charge in [-0.2, -0.15) is 0 Å². The zero-order valence-electron chi connectivity index (χ0n) is 11.8. The van der Waals surface area contributed by atoms with E-state index >= 15 is 0 Å². The van der Waals surface area contributed by atoms with E-state index in [1.807, 2.05) is 48.8 Å². The van der Waals surface area contributed by atoms with E-state index in [4.69, 9.17) is 0 Å². The number of nitrogens with zero attached hydrogens (tertiary/aromatic N) is 4. The van der Waals surface area contributed by atoms with Crippen molar-refractivity contribution in [2.45, 2.75) is 13.0 Å². The van der Waals surface area contributed by atoms with Crippen molar-refractivity contribution >= 4 is 11.6 Å². The van der Waals surface area contributed by atoms with Gasteiger partial charge in [0.2, 0.25) is 0 Å². The maximum atomic E-state index is 4.45. The third kappa shape index (κ3) is 3.48. The predicted octanol–water partition coefficient (Wildman–Crippen LogP) is 3.51. The van der Waals surface area contributed by atoms with E-state index in [-0.39, 0.29) is 0 Å². The number of aryl methyl sites for hydroxylation is 1. The van der Waals surface area contributed by atoms with Gasteiger partial charge in [-0.3, -0.25) is 0 Å². The average Bonchev–Trinajstić information content (AvgIpc) is 3.07. The van der Waals surface area contributed by atoms with Gasteiger partial charge in [-0.15, -0.1) is 0 Å². The van der Waals surface area contributed by atoms with Crippen molar-refractivity contribution in [2.75, 3.05) is 11.4 Å². The topological polar surface area (TPSA) is 34.0 Å². The summed E-state index contributed by atoms with van der Waals surface area (Å²) in [5.74, 6) is 1.87. The molecular weight excluding hydrogens is 260 g/mol. The van der Waals surface area contributed by atoms with Crippen LogP contribution in [0.1, 0.15) is 6.42 Å². The van der Waals surface area contributed by atoms with Crippen LogP contribution in [0, 0.1) is 0 Å². The first-order chi connectivity index (χ1) is 10.4. The lowest BCUT2D eigenvalue weighted by molar-refractivity contribution is 0.644.